The van der Waals surface area contributed by atoms with Gasteiger partial charge in [0.25, 0.3) is 0 Å². The van der Waals surface area contributed by atoms with Crippen LogP contribution in [0.5, 0.6) is 0 Å². The van der Waals surface area contributed by atoms with Crippen LogP contribution in [0.4, 0.5) is 0 Å². The van der Waals surface area contributed by atoms with Gasteiger partial charge in [0, 0.05) is 6.20 Å². The van der Waals surface area contributed by atoms with E-state index in [1.165, 1.54) is 6.20 Å². The molecule has 1 saturated carbocycles. The van der Waals surface area contributed by atoms with Gasteiger partial charge in [-0.05, 0) is 25.3 Å². The first-order valence-electron chi connectivity index (χ1n) is 6.05. The van der Waals surface area contributed by atoms with Gasteiger partial charge in [0.05, 0.1) is 16.9 Å². The van der Waals surface area contributed by atoms with E-state index in [1.54, 1.807) is 6.07 Å². The van der Waals surface area contributed by atoms with Crippen molar-refractivity contribution in [3.63, 3.8) is 0 Å². The monoisotopic (exact) mass is 268 g/mol. The minimum Gasteiger partial charge on any atom is -0.303 e. The average Bonchev–Trinajstić information content (AvgIpc) is 3.14. The fourth-order valence-corrected chi connectivity index (χ4v) is 3.38. The fraction of sp³-hybridized carbons (Fsp3) is 0.583. The molecule has 0 N–H and O–H groups in total. The molecule has 0 spiro atoms. The molecule has 1 fully saturated rings. The van der Waals surface area contributed by atoms with Crippen molar-refractivity contribution in [3.05, 3.63) is 23.8 Å². The highest BCUT2D eigenvalue weighted by Gasteiger charge is 2.36. The smallest absolute Gasteiger partial charge is 0.160 e. The van der Waals surface area contributed by atoms with Crippen LogP contribution in [0.15, 0.2) is 12.3 Å². The van der Waals surface area contributed by atoms with Crippen molar-refractivity contribution in [1.82, 2.24) is 9.97 Å². The summed E-state index contributed by atoms with van der Waals surface area (Å²) in [5, 5.41) is -0.210. The number of rotatable bonds is 6. The van der Waals surface area contributed by atoms with Gasteiger partial charge in [0.2, 0.25) is 0 Å². The van der Waals surface area contributed by atoms with Crippen LogP contribution in [0, 0.1) is 0 Å². The summed E-state index contributed by atoms with van der Waals surface area (Å²) >= 11 is 0. The van der Waals surface area contributed by atoms with E-state index in [4.69, 9.17) is 0 Å². The molecule has 0 amide bonds. The molecule has 1 aliphatic carbocycles. The molecule has 18 heavy (non-hydrogen) atoms. The molecule has 0 aromatic carbocycles. The first kappa shape index (κ1) is 13.1. The van der Waals surface area contributed by atoms with Crippen molar-refractivity contribution in [1.29, 1.82) is 0 Å². The molecule has 0 aliphatic heterocycles. The highest BCUT2D eigenvalue weighted by Crippen LogP contribution is 2.30. The van der Waals surface area contributed by atoms with Crippen molar-refractivity contribution in [3.8, 4) is 0 Å². The van der Waals surface area contributed by atoms with E-state index in [9.17, 15) is 13.2 Å². The minimum atomic E-state index is -3.11. The Morgan fingerprint density at radius 2 is 2.22 bits per heavy atom. The summed E-state index contributed by atoms with van der Waals surface area (Å²) in [7, 11) is -3.11. The number of aldehydes is 1. The first-order chi connectivity index (χ1) is 8.56. The van der Waals surface area contributed by atoms with Crippen molar-refractivity contribution >= 4 is 16.1 Å². The van der Waals surface area contributed by atoms with Gasteiger partial charge in [-0.25, -0.2) is 18.4 Å². The molecule has 2 rings (SSSR count). The lowest BCUT2D eigenvalue weighted by Gasteiger charge is -2.08. The van der Waals surface area contributed by atoms with Gasteiger partial charge < -0.3 is 4.79 Å². The van der Waals surface area contributed by atoms with E-state index in [-0.39, 0.29) is 16.9 Å². The Hall–Kier alpha value is -1.30. The Morgan fingerprint density at radius 1 is 1.50 bits per heavy atom. The second kappa shape index (κ2) is 5.14. The quantitative estimate of drug-likeness (QED) is 0.726. The molecule has 98 valence electrons. The van der Waals surface area contributed by atoms with Gasteiger partial charge in [0.1, 0.15) is 17.9 Å². The van der Waals surface area contributed by atoms with E-state index in [0.717, 1.165) is 19.1 Å². The molecule has 1 heterocycles. The van der Waals surface area contributed by atoms with Crippen LogP contribution in [0.25, 0.3) is 0 Å². The lowest BCUT2D eigenvalue weighted by Crippen LogP contribution is -2.13. The van der Waals surface area contributed by atoms with Crippen LogP contribution in [0.1, 0.15) is 43.6 Å². The van der Waals surface area contributed by atoms with E-state index >= 15 is 0 Å². The van der Waals surface area contributed by atoms with Crippen LogP contribution >= 0.6 is 0 Å². The zero-order valence-corrected chi connectivity index (χ0v) is 11.1. The van der Waals surface area contributed by atoms with Gasteiger partial charge in [0.15, 0.2) is 9.84 Å². The van der Waals surface area contributed by atoms with E-state index in [0.29, 0.717) is 17.9 Å². The molecular formula is C12H16N2O3S. The zero-order valence-electron chi connectivity index (χ0n) is 10.2. The van der Waals surface area contributed by atoms with E-state index in [1.807, 2.05) is 6.92 Å². The summed E-state index contributed by atoms with van der Waals surface area (Å²) in [5.74, 6) is -0.115. The largest absolute Gasteiger partial charge is 0.303 e. The Labute approximate surface area is 107 Å². The molecule has 0 bridgehead atoms. The van der Waals surface area contributed by atoms with Gasteiger partial charge >= 0.3 is 0 Å². The van der Waals surface area contributed by atoms with Crippen molar-refractivity contribution in [2.45, 2.75) is 43.1 Å². The molecule has 1 aromatic rings. The Morgan fingerprint density at radius 3 is 2.78 bits per heavy atom. The van der Waals surface area contributed by atoms with Crippen molar-refractivity contribution < 1.29 is 13.2 Å². The van der Waals surface area contributed by atoms with E-state index in [2.05, 4.69) is 9.97 Å². The maximum atomic E-state index is 11.8. The molecular weight excluding hydrogens is 252 g/mol. The summed E-state index contributed by atoms with van der Waals surface area (Å²) in [6.45, 7) is 1.89. The third-order valence-corrected chi connectivity index (χ3v) is 5.22. The zero-order chi connectivity index (χ0) is 13.2. The van der Waals surface area contributed by atoms with Crippen LogP contribution < -0.4 is 0 Å². The molecule has 1 aliphatic rings. The second-order valence-electron chi connectivity index (χ2n) is 4.56. The normalized spacial score (nSPS) is 17.4. The minimum absolute atomic E-state index is 0.124. The van der Waals surface area contributed by atoms with Crippen LogP contribution in [-0.4, -0.2) is 29.9 Å². The predicted octanol–water partition coefficient (Wildman–Crippen LogP) is 1.25. The molecule has 5 nitrogen and oxygen atoms in total. The van der Waals surface area contributed by atoms with Gasteiger partial charge in [-0.2, -0.15) is 0 Å². The molecule has 1 unspecified atom stereocenters. The van der Waals surface area contributed by atoms with Gasteiger partial charge in [-0.15, -0.1) is 0 Å². The topological polar surface area (TPSA) is 77.0 Å². The summed E-state index contributed by atoms with van der Waals surface area (Å²) in [5.41, 5.74) is 0.600. The Bertz CT molecular complexity index is 538. The average molecular weight is 268 g/mol. The number of sulfone groups is 1. The van der Waals surface area contributed by atoms with Crippen LogP contribution in [0.3, 0.4) is 0 Å². The number of nitrogens with zero attached hydrogens (tertiary/aromatic N) is 2. The Kier molecular flexibility index (Phi) is 3.75. The Balaban J connectivity index is 2.19. The molecule has 0 saturated heterocycles. The van der Waals surface area contributed by atoms with Crippen molar-refractivity contribution in [2.24, 2.45) is 0 Å². The first-order valence-corrected chi connectivity index (χ1v) is 7.77. The third kappa shape index (κ3) is 2.93. The number of hydrogen-bond acceptors (Lipinski definition) is 5. The summed E-state index contributed by atoms with van der Waals surface area (Å²) in [4.78, 5) is 19.0. The predicted molar refractivity (Wildman–Crippen MR) is 66.8 cm³/mol. The fourth-order valence-electron chi connectivity index (χ4n) is 1.79. The van der Waals surface area contributed by atoms with Gasteiger partial charge in [-0.1, -0.05) is 6.92 Å². The summed E-state index contributed by atoms with van der Waals surface area (Å²) < 4.78 is 23.7. The number of aromatic nitrogens is 2. The lowest BCUT2D eigenvalue weighted by atomic mass is 10.0. The molecule has 1 atom stereocenters. The van der Waals surface area contributed by atoms with Crippen LogP contribution in [0.2, 0.25) is 0 Å². The summed E-state index contributed by atoms with van der Waals surface area (Å²) in [6, 6.07) is 1.66. The molecule has 6 heteroatoms. The number of carbonyl (C=O) groups excluding carboxylic acids is 1. The number of carbonyl (C=O) groups is 1. The standard InChI is InChI=1S/C12H16N2O3S/c1-2-9(7-15)11-5-6-13-12(14-11)8-18(16,17)10-3-4-10/h5-7,9-10H,2-4,8H2,1H3. The van der Waals surface area contributed by atoms with Crippen LogP contribution in [-0.2, 0) is 20.4 Å². The molecule has 0 radical (unpaired) electrons. The summed E-state index contributed by atoms with van der Waals surface area (Å²) in [6.07, 6.45) is 4.49. The maximum Gasteiger partial charge on any atom is 0.160 e. The lowest BCUT2D eigenvalue weighted by molar-refractivity contribution is -0.109. The highest BCUT2D eigenvalue weighted by molar-refractivity contribution is 7.91. The number of hydrogen-bond donors (Lipinski definition) is 0. The third-order valence-electron chi connectivity index (χ3n) is 3.07. The van der Waals surface area contributed by atoms with Gasteiger partial charge in [-0.3, -0.25) is 0 Å². The van der Waals surface area contributed by atoms with E-state index < -0.39 is 9.84 Å². The second-order valence-corrected chi connectivity index (χ2v) is 6.84. The SMILES string of the molecule is CCC(C=O)c1ccnc(CS(=O)(=O)C2CC2)n1. The molecule has 1 aromatic heterocycles. The highest BCUT2D eigenvalue weighted by atomic mass is 32.2. The van der Waals surface area contributed by atoms with Crippen molar-refractivity contribution in [2.75, 3.05) is 0 Å². The maximum absolute atomic E-state index is 11.8.